The molecule has 0 unspecified atom stereocenters. The molecule has 0 radical (unpaired) electrons. The van der Waals surface area contributed by atoms with Crippen LogP contribution in [0.15, 0.2) is 30.7 Å². The van der Waals surface area contributed by atoms with Crippen LogP contribution in [-0.2, 0) is 13.1 Å². The van der Waals surface area contributed by atoms with E-state index in [9.17, 15) is 0 Å². The van der Waals surface area contributed by atoms with E-state index in [-0.39, 0.29) is 0 Å². The highest BCUT2D eigenvalue weighted by Crippen LogP contribution is 2.19. The first-order valence-corrected chi connectivity index (χ1v) is 5.50. The van der Waals surface area contributed by atoms with Gasteiger partial charge in [-0.2, -0.15) is 0 Å². The average molecular weight is 214 g/mol. The third-order valence-corrected chi connectivity index (χ3v) is 3.00. The van der Waals surface area contributed by atoms with Crippen molar-refractivity contribution in [3.8, 4) is 0 Å². The van der Waals surface area contributed by atoms with Gasteiger partial charge in [0.1, 0.15) is 12.1 Å². The summed E-state index contributed by atoms with van der Waals surface area (Å²) >= 11 is 0. The van der Waals surface area contributed by atoms with Crippen LogP contribution in [0.2, 0.25) is 0 Å². The summed E-state index contributed by atoms with van der Waals surface area (Å²) in [5.74, 6) is 1.03. The van der Waals surface area contributed by atoms with Crippen molar-refractivity contribution in [3.05, 3.63) is 42.1 Å². The van der Waals surface area contributed by atoms with Crippen molar-refractivity contribution in [1.29, 1.82) is 0 Å². The van der Waals surface area contributed by atoms with Crippen molar-refractivity contribution in [2.45, 2.75) is 20.0 Å². The number of hydrogen-bond donors (Lipinski definition) is 0. The van der Waals surface area contributed by atoms with E-state index in [0.29, 0.717) is 0 Å². The predicted octanol–water partition coefficient (Wildman–Crippen LogP) is 1.61. The van der Waals surface area contributed by atoms with Gasteiger partial charge in [0.25, 0.3) is 0 Å². The van der Waals surface area contributed by atoms with Gasteiger partial charge >= 0.3 is 0 Å². The Kier molecular flexibility index (Phi) is 2.13. The van der Waals surface area contributed by atoms with E-state index in [1.807, 2.05) is 13.0 Å². The lowest BCUT2D eigenvalue weighted by atomic mass is 10.3. The molecule has 1 aliphatic heterocycles. The third-order valence-electron chi connectivity index (χ3n) is 3.00. The van der Waals surface area contributed by atoms with Gasteiger partial charge in [-0.1, -0.05) is 0 Å². The first-order chi connectivity index (χ1) is 7.83. The summed E-state index contributed by atoms with van der Waals surface area (Å²) in [5, 5.41) is 0. The van der Waals surface area contributed by atoms with Gasteiger partial charge < -0.3 is 9.47 Å². The SMILES string of the molecule is Cc1cc(N2CCn3cccc3C2)ncn1. The normalized spacial score (nSPS) is 14.9. The highest BCUT2D eigenvalue weighted by Gasteiger charge is 2.16. The quantitative estimate of drug-likeness (QED) is 0.723. The third kappa shape index (κ3) is 1.56. The second kappa shape index (κ2) is 3.63. The molecule has 0 N–H and O–H groups in total. The molecule has 3 rings (SSSR count). The van der Waals surface area contributed by atoms with Gasteiger partial charge in [0.05, 0.1) is 6.54 Å². The smallest absolute Gasteiger partial charge is 0.132 e. The molecule has 0 aromatic carbocycles. The Morgan fingerprint density at radius 2 is 2.19 bits per heavy atom. The van der Waals surface area contributed by atoms with Crippen LogP contribution in [0.1, 0.15) is 11.4 Å². The summed E-state index contributed by atoms with van der Waals surface area (Å²) in [7, 11) is 0. The van der Waals surface area contributed by atoms with Crippen molar-refractivity contribution in [2.75, 3.05) is 11.4 Å². The van der Waals surface area contributed by atoms with E-state index in [1.165, 1.54) is 5.69 Å². The van der Waals surface area contributed by atoms with Crippen molar-refractivity contribution in [1.82, 2.24) is 14.5 Å². The number of anilines is 1. The highest BCUT2D eigenvalue weighted by molar-refractivity contribution is 5.40. The van der Waals surface area contributed by atoms with Crippen LogP contribution < -0.4 is 4.90 Å². The van der Waals surface area contributed by atoms with Gasteiger partial charge in [-0.05, 0) is 19.1 Å². The Hall–Kier alpha value is -1.84. The largest absolute Gasteiger partial charge is 0.349 e. The molecule has 82 valence electrons. The molecule has 0 saturated heterocycles. The van der Waals surface area contributed by atoms with Crippen LogP contribution in [-0.4, -0.2) is 21.1 Å². The predicted molar refractivity (Wildman–Crippen MR) is 62.3 cm³/mol. The van der Waals surface area contributed by atoms with E-state index < -0.39 is 0 Å². The molecule has 0 saturated carbocycles. The Balaban J connectivity index is 1.88. The molecule has 16 heavy (non-hydrogen) atoms. The molecule has 0 bridgehead atoms. The molecule has 2 aromatic heterocycles. The van der Waals surface area contributed by atoms with E-state index in [1.54, 1.807) is 6.33 Å². The van der Waals surface area contributed by atoms with Gasteiger partial charge in [-0.3, -0.25) is 0 Å². The molecule has 1 aliphatic rings. The molecule has 0 fully saturated rings. The Morgan fingerprint density at radius 3 is 3.06 bits per heavy atom. The molecular weight excluding hydrogens is 200 g/mol. The molecule has 4 heteroatoms. The van der Waals surface area contributed by atoms with E-state index in [4.69, 9.17) is 0 Å². The summed E-state index contributed by atoms with van der Waals surface area (Å²) < 4.78 is 2.30. The van der Waals surface area contributed by atoms with Crippen molar-refractivity contribution in [2.24, 2.45) is 0 Å². The lowest BCUT2D eigenvalue weighted by Gasteiger charge is -2.29. The van der Waals surface area contributed by atoms with Crippen molar-refractivity contribution < 1.29 is 0 Å². The summed E-state index contributed by atoms with van der Waals surface area (Å²) in [4.78, 5) is 10.7. The second-order valence-electron chi connectivity index (χ2n) is 4.13. The first-order valence-electron chi connectivity index (χ1n) is 5.50. The summed E-state index contributed by atoms with van der Waals surface area (Å²) in [6, 6.07) is 6.31. The molecule has 0 spiro atoms. The summed E-state index contributed by atoms with van der Waals surface area (Å²) in [6.45, 7) is 4.98. The summed E-state index contributed by atoms with van der Waals surface area (Å²) in [5.41, 5.74) is 2.37. The molecule has 0 aliphatic carbocycles. The minimum atomic E-state index is 0.934. The van der Waals surface area contributed by atoms with Crippen LogP contribution in [0.4, 0.5) is 5.82 Å². The fourth-order valence-electron chi connectivity index (χ4n) is 2.12. The monoisotopic (exact) mass is 214 g/mol. The number of fused-ring (bicyclic) bond motifs is 1. The van der Waals surface area contributed by atoms with Crippen LogP contribution in [0.3, 0.4) is 0 Å². The number of aromatic nitrogens is 3. The van der Waals surface area contributed by atoms with Crippen LogP contribution in [0.5, 0.6) is 0 Å². The maximum atomic E-state index is 4.33. The first kappa shape index (κ1) is 9.39. The maximum Gasteiger partial charge on any atom is 0.132 e. The Bertz CT molecular complexity index is 503. The number of nitrogens with zero attached hydrogens (tertiary/aromatic N) is 4. The van der Waals surface area contributed by atoms with Crippen molar-refractivity contribution >= 4 is 5.82 Å². The standard InChI is InChI=1S/C12H14N4/c1-10-7-12(14-9-13-10)16-6-5-15-4-2-3-11(15)8-16/h2-4,7,9H,5-6,8H2,1H3. The highest BCUT2D eigenvalue weighted by atomic mass is 15.2. The molecular formula is C12H14N4. The molecule has 4 nitrogen and oxygen atoms in total. The topological polar surface area (TPSA) is 34.0 Å². The molecule has 0 atom stereocenters. The van der Waals surface area contributed by atoms with Gasteiger partial charge in [-0.15, -0.1) is 0 Å². The van der Waals surface area contributed by atoms with Gasteiger partial charge in [-0.25, -0.2) is 9.97 Å². The van der Waals surface area contributed by atoms with Gasteiger partial charge in [0, 0.05) is 36.7 Å². The van der Waals surface area contributed by atoms with E-state index in [0.717, 1.165) is 31.1 Å². The Labute approximate surface area is 94.6 Å². The Morgan fingerprint density at radius 1 is 1.25 bits per heavy atom. The van der Waals surface area contributed by atoms with E-state index in [2.05, 4.69) is 37.8 Å². The molecule has 2 aromatic rings. The zero-order valence-corrected chi connectivity index (χ0v) is 9.30. The second-order valence-corrected chi connectivity index (χ2v) is 4.13. The average Bonchev–Trinajstić information content (AvgIpc) is 2.75. The molecule has 3 heterocycles. The maximum absolute atomic E-state index is 4.33. The minimum absolute atomic E-state index is 0.934. The number of aryl methyl sites for hydroxylation is 1. The van der Waals surface area contributed by atoms with Crippen LogP contribution >= 0.6 is 0 Å². The van der Waals surface area contributed by atoms with Gasteiger partial charge in [0.15, 0.2) is 0 Å². The lowest BCUT2D eigenvalue weighted by molar-refractivity contribution is 0.568. The van der Waals surface area contributed by atoms with Gasteiger partial charge in [0.2, 0.25) is 0 Å². The zero-order valence-electron chi connectivity index (χ0n) is 9.30. The van der Waals surface area contributed by atoms with Crippen LogP contribution in [0.25, 0.3) is 0 Å². The minimum Gasteiger partial charge on any atom is -0.349 e. The molecule has 0 amide bonds. The lowest BCUT2D eigenvalue weighted by Crippen LogP contribution is -2.33. The fourth-order valence-corrected chi connectivity index (χ4v) is 2.12. The zero-order chi connectivity index (χ0) is 11.0. The fraction of sp³-hybridized carbons (Fsp3) is 0.333. The number of hydrogen-bond acceptors (Lipinski definition) is 3. The summed E-state index contributed by atoms with van der Waals surface area (Å²) in [6.07, 6.45) is 3.77. The van der Waals surface area contributed by atoms with Crippen molar-refractivity contribution in [3.63, 3.8) is 0 Å². The van der Waals surface area contributed by atoms with Crippen LogP contribution in [0, 0.1) is 6.92 Å². The van der Waals surface area contributed by atoms with E-state index >= 15 is 0 Å². The number of rotatable bonds is 1.